The molecule has 1 saturated heterocycles. The number of benzene rings is 2. The molecule has 0 aliphatic carbocycles. The monoisotopic (exact) mass is 395 g/mol. The van der Waals surface area contributed by atoms with E-state index in [-0.39, 0.29) is 12.5 Å². The van der Waals surface area contributed by atoms with Crippen molar-refractivity contribution in [3.8, 4) is 11.5 Å². The lowest BCUT2D eigenvalue weighted by Crippen LogP contribution is -2.41. The summed E-state index contributed by atoms with van der Waals surface area (Å²) in [5.74, 6) is 0.0605. The molecule has 1 fully saturated rings. The van der Waals surface area contributed by atoms with Crippen molar-refractivity contribution in [2.45, 2.75) is 25.9 Å². The number of imide groups is 1. The second-order valence-electron chi connectivity index (χ2n) is 6.92. The van der Waals surface area contributed by atoms with E-state index in [1.807, 2.05) is 37.3 Å². The van der Waals surface area contributed by atoms with Crippen molar-refractivity contribution >= 4 is 23.5 Å². The Morgan fingerprint density at radius 3 is 2.71 bits per heavy atom. The molecular weight excluding hydrogens is 378 g/mol. The van der Waals surface area contributed by atoms with Crippen LogP contribution in [0.2, 0.25) is 5.02 Å². The molecule has 1 unspecified atom stereocenters. The topological polar surface area (TPSA) is 75.4 Å². The summed E-state index contributed by atoms with van der Waals surface area (Å²) in [5.41, 5.74) is 1.80. The summed E-state index contributed by atoms with van der Waals surface area (Å²) in [6.45, 7) is 3.66. The van der Waals surface area contributed by atoms with E-state index in [2.05, 4.69) is 10.3 Å². The van der Waals surface area contributed by atoms with Gasteiger partial charge in [0, 0.05) is 10.6 Å². The number of rotatable bonds is 4. The summed E-state index contributed by atoms with van der Waals surface area (Å²) in [4.78, 5) is 31.2. The minimum Gasteiger partial charge on any atom is -0.444 e. The second-order valence-corrected chi connectivity index (χ2v) is 7.35. The summed E-state index contributed by atoms with van der Waals surface area (Å²) >= 11 is 6.00. The summed E-state index contributed by atoms with van der Waals surface area (Å²) in [5, 5.41) is 3.38. The Morgan fingerprint density at radius 1 is 1.18 bits per heavy atom. The molecule has 7 heteroatoms. The maximum absolute atomic E-state index is 13.1. The molecule has 2 aromatic carbocycles. The van der Waals surface area contributed by atoms with Crippen molar-refractivity contribution in [2.24, 2.45) is 0 Å². The van der Waals surface area contributed by atoms with Crippen LogP contribution >= 0.6 is 11.6 Å². The number of hydrogen-bond acceptors (Lipinski definition) is 4. The van der Waals surface area contributed by atoms with Crippen molar-refractivity contribution in [2.75, 3.05) is 0 Å². The van der Waals surface area contributed by atoms with Crippen LogP contribution in [-0.2, 0) is 16.9 Å². The van der Waals surface area contributed by atoms with E-state index in [1.54, 1.807) is 25.1 Å². The molecule has 6 nitrogen and oxygen atoms in total. The Labute approximate surface area is 167 Å². The van der Waals surface area contributed by atoms with Crippen LogP contribution in [0.15, 0.2) is 59.2 Å². The normalized spacial score (nSPS) is 19.2. The lowest BCUT2D eigenvalue weighted by molar-refractivity contribution is -0.131. The van der Waals surface area contributed by atoms with Crippen LogP contribution in [0.3, 0.4) is 0 Å². The van der Waals surface area contributed by atoms with Crippen molar-refractivity contribution in [1.82, 2.24) is 15.2 Å². The Morgan fingerprint density at radius 2 is 1.96 bits per heavy atom. The molecule has 4 rings (SSSR count). The number of nitrogens with one attached hydrogen (secondary N) is 1. The Balaban J connectivity index is 1.59. The zero-order valence-electron chi connectivity index (χ0n) is 15.4. The Kier molecular flexibility index (Phi) is 4.43. The maximum atomic E-state index is 13.1. The minimum absolute atomic E-state index is 0.0240. The second kappa shape index (κ2) is 6.80. The van der Waals surface area contributed by atoms with E-state index < -0.39 is 11.6 Å². The predicted molar refractivity (Wildman–Crippen MR) is 105 cm³/mol. The van der Waals surface area contributed by atoms with Gasteiger partial charge in [0.1, 0.15) is 11.8 Å². The van der Waals surface area contributed by atoms with E-state index in [4.69, 9.17) is 16.0 Å². The number of carbonyl (C=O) groups excluding carboxylic acids is 2. The fraction of sp³-hybridized carbons (Fsp3) is 0.190. The van der Waals surface area contributed by atoms with Gasteiger partial charge in [0.2, 0.25) is 5.89 Å². The molecular formula is C21H18ClN3O3. The first-order valence-electron chi connectivity index (χ1n) is 8.79. The fourth-order valence-corrected chi connectivity index (χ4v) is 3.64. The number of hydrogen-bond donors (Lipinski definition) is 1. The molecule has 1 aromatic heterocycles. The molecule has 1 aliphatic rings. The lowest BCUT2D eigenvalue weighted by Gasteiger charge is -2.24. The Hall–Kier alpha value is -3.12. The highest BCUT2D eigenvalue weighted by atomic mass is 35.5. The third-order valence-corrected chi connectivity index (χ3v) is 5.14. The largest absolute Gasteiger partial charge is 0.444 e. The minimum atomic E-state index is -1.11. The van der Waals surface area contributed by atoms with E-state index in [1.165, 1.54) is 6.26 Å². The van der Waals surface area contributed by atoms with E-state index >= 15 is 0 Å². The lowest BCUT2D eigenvalue weighted by atomic mass is 9.88. The average molecular weight is 396 g/mol. The molecule has 1 atom stereocenters. The number of amides is 3. The van der Waals surface area contributed by atoms with Crippen LogP contribution in [0, 0.1) is 6.92 Å². The average Bonchev–Trinajstić information content (AvgIpc) is 3.22. The fourth-order valence-electron chi connectivity index (χ4n) is 3.45. The molecule has 3 amide bonds. The Bertz CT molecular complexity index is 1080. The highest BCUT2D eigenvalue weighted by Gasteiger charge is 2.49. The van der Waals surface area contributed by atoms with Gasteiger partial charge < -0.3 is 9.73 Å². The molecule has 0 radical (unpaired) electrons. The summed E-state index contributed by atoms with van der Waals surface area (Å²) < 4.78 is 5.50. The van der Waals surface area contributed by atoms with E-state index in [0.29, 0.717) is 16.6 Å². The quantitative estimate of drug-likeness (QED) is 0.669. The first-order chi connectivity index (χ1) is 13.4. The third-order valence-electron chi connectivity index (χ3n) is 4.90. The zero-order valence-corrected chi connectivity index (χ0v) is 16.2. The summed E-state index contributed by atoms with van der Waals surface area (Å²) in [7, 11) is 0. The molecule has 1 aliphatic heterocycles. The van der Waals surface area contributed by atoms with Gasteiger partial charge in [-0.2, -0.15) is 0 Å². The van der Waals surface area contributed by atoms with Crippen molar-refractivity contribution in [3.05, 3.63) is 76.6 Å². The number of aromatic nitrogens is 1. The molecule has 28 heavy (non-hydrogen) atoms. The summed E-state index contributed by atoms with van der Waals surface area (Å²) in [6, 6.07) is 14.2. The van der Waals surface area contributed by atoms with Gasteiger partial charge in [-0.3, -0.25) is 9.69 Å². The van der Waals surface area contributed by atoms with Gasteiger partial charge in [0.25, 0.3) is 5.91 Å². The molecule has 142 valence electrons. The predicted octanol–water partition coefficient (Wildman–Crippen LogP) is 4.27. The van der Waals surface area contributed by atoms with E-state index in [0.717, 1.165) is 21.6 Å². The number of aryl methyl sites for hydroxylation is 1. The number of urea groups is 1. The molecule has 0 saturated carbocycles. The first kappa shape index (κ1) is 18.3. The standard InChI is InChI=1S/C21H18ClN3O3/c1-13-6-3-4-9-17(13)21(2)19(26)25(20(27)24-21)11-16-12-28-18(23-16)14-7-5-8-15(22)10-14/h3-10,12H,11H2,1-2H3,(H,24,27). The van der Waals surface area contributed by atoms with Gasteiger partial charge >= 0.3 is 6.03 Å². The molecule has 0 bridgehead atoms. The molecule has 3 aromatic rings. The number of nitrogens with zero attached hydrogens (tertiary/aromatic N) is 2. The SMILES string of the molecule is Cc1ccccc1C1(C)NC(=O)N(Cc2coc(-c3cccc(Cl)c3)n2)C1=O. The smallest absolute Gasteiger partial charge is 0.325 e. The molecule has 1 N–H and O–H groups in total. The van der Waals surface area contributed by atoms with Crippen LogP contribution in [-0.4, -0.2) is 21.8 Å². The highest BCUT2D eigenvalue weighted by molar-refractivity contribution is 6.30. The van der Waals surface area contributed by atoms with Crippen LogP contribution in [0.25, 0.3) is 11.5 Å². The van der Waals surface area contributed by atoms with Crippen LogP contribution < -0.4 is 5.32 Å². The number of halogens is 1. The van der Waals surface area contributed by atoms with Gasteiger partial charge in [-0.1, -0.05) is 41.9 Å². The zero-order chi connectivity index (χ0) is 19.9. The van der Waals surface area contributed by atoms with Crippen LogP contribution in [0.1, 0.15) is 23.7 Å². The third kappa shape index (κ3) is 3.05. The molecule has 0 spiro atoms. The maximum Gasteiger partial charge on any atom is 0.325 e. The highest BCUT2D eigenvalue weighted by Crippen LogP contribution is 2.32. The number of oxazole rings is 1. The van der Waals surface area contributed by atoms with Crippen molar-refractivity contribution < 1.29 is 14.0 Å². The molecule has 2 heterocycles. The van der Waals surface area contributed by atoms with Gasteiger partial charge in [-0.05, 0) is 43.2 Å². The van der Waals surface area contributed by atoms with Crippen LogP contribution in [0.5, 0.6) is 0 Å². The van der Waals surface area contributed by atoms with E-state index in [9.17, 15) is 9.59 Å². The summed E-state index contributed by atoms with van der Waals surface area (Å²) in [6.07, 6.45) is 1.44. The van der Waals surface area contributed by atoms with Gasteiger partial charge in [-0.25, -0.2) is 9.78 Å². The van der Waals surface area contributed by atoms with Gasteiger partial charge in [0.15, 0.2) is 0 Å². The van der Waals surface area contributed by atoms with Crippen molar-refractivity contribution in [3.63, 3.8) is 0 Å². The van der Waals surface area contributed by atoms with Gasteiger partial charge in [0.05, 0.1) is 12.2 Å². The first-order valence-corrected chi connectivity index (χ1v) is 9.17. The van der Waals surface area contributed by atoms with Crippen LogP contribution in [0.4, 0.5) is 4.79 Å². The van der Waals surface area contributed by atoms with Crippen molar-refractivity contribution in [1.29, 1.82) is 0 Å². The van der Waals surface area contributed by atoms with Gasteiger partial charge in [-0.15, -0.1) is 0 Å². The number of carbonyl (C=O) groups is 2.